The van der Waals surface area contributed by atoms with Crippen molar-refractivity contribution < 1.29 is 0 Å². The van der Waals surface area contributed by atoms with Crippen LogP contribution in [-0.2, 0) is 13.6 Å². The fourth-order valence-electron chi connectivity index (χ4n) is 2.35. The van der Waals surface area contributed by atoms with Crippen LogP contribution in [0.4, 0.5) is 0 Å². The van der Waals surface area contributed by atoms with Crippen molar-refractivity contribution in [3.63, 3.8) is 0 Å². The second-order valence-corrected chi connectivity index (χ2v) is 5.39. The molecular formula is C16H23N3. The lowest BCUT2D eigenvalue weighted by atomic mass is 9.94. The minimum Gasteiger partial charge on any atom is -0.314 e. The van der Waals surface area contributed by atoms with Gasteiger partial charge in [0.1, 0.15) is 0 Å². The molecule has 0 atom stereocenters. The summed E-state index contributed by atoms with van der Waals surface area (Å²) in [6.07, 6.45) is 1.97. The number of rotatable bonds is 4. The molecule has 1 N–H and O–H groups in total. The molecule has 0 spiro atoms. The van der Waals surface area contributed by atoms with Gasteiger partial charge in [0.2, 0.25) is 0 Å². The Morgan fingerprint density at radius 1 is 1.26 bits per heavy atom. The molecule has 2 aromatic rings. The Morgan fingerprint density at radius 2 is 2.00 bits per heavy atom. The summed E-state index contributed by atoms with van der Waals surface area (Å²) in [7, 11) is 3.96. The monoisotopic (exact) mass is 257 g/mol. The highest BCUT2D eigenvalue weighted by Gasteiger charge is 2.13. The molecule has 3 heteroatoms. The first kappa shape index (κ1) is 13.8. The standard InChI is InChI=1S/C16H23N3/c1-11(2)13-7-6-12(3)14(8-13)15-9-18-19(5)16(15)10-17-4/h6-9,11,17H,10H2,1-5H3. The molecule has 0 unspecified atom stereocenters. The Balaban J connectivity index is 2.55. The molecule has 0 saturated heterocycles. The lowest BCUT2D eigenvalue weighted by molar-refractivity contribution is 0.673. The van der Waals surface area contributed by atoms with Gasteiger partial charge in [-0.1, -0.05) is 32.0 Å². The van der Waals surface area contributed by atoms with E-state index in [0.29, 0.717) is 5.92 Å². The van der Waals surface area contributed by atoms with E-state index in [9.17, 15) is 0 Å². The van der Waals surface area contributed by atoms with Gasteiger partial charge in [-0.05, 0) is 36.6 Å². The molecule has 0 amide bonds. The Morgan fingerprint density at radius 3 is 2.63 bits per heavy atom. The van der Waals surface area contributed by atoms with E-state index in [4.69, 9.17) is 0 Å². The summed E-state index contributed by atoms with van der Waals surface area (Å²) in [5, 5.41) is 7.62. The number of hydrogen-bond acceptors (Lipinski definition) is 2. The predicted molar refractivity (Wildman–Crippen MR) is 80.2 cm³/mol. The molecule has 0 aliphatic carbocycles. The Labute approximate surface area is 115 Å². The van der Waals surface area contributed by atoms with Crippen molar-refractivity contribution in [2.24, 2.45) is 7.05 Å². The van der Waals surface area contributed by atoms with Crippen molar-refractivity contribution in [3.05, 3.63) is 41.2 Å². The van der Waals surface area contributed by atoms with E-state index in [0.717, 1.165) is 6.54 Å². The number of nitrogens with one attached hydrogen (secondary N) is 1. The van der Waals surface area contributed by atoms with Gasteiger partial charge in [-0.25, -0.2) is 0 Å². The predicted octanol–water partition coefficient (Wildman–Crippen LogP) is 3.24. The lowest BCUT2D eigenvalue weighted by Gasteiger charge is -2.12. The van der Waals surface area contributed by atoms with E-state index >= 15 is 0 Å². The minimum atomic E-state index is 0.545. The third kappa shape index (κ3) is 2.71. The van der Waals surface area contributed by atoms with Crippen molar-refractivity contribution in [1.82, 2.24) is 15.1 Å². The van der Waals surface area contributed by atoms with Crippen LogP contribution in [0, 0.1) is 6.92 Å². The first-order chi connectivity index (χ1) is 9.04. The van der Waals surface area contributed by atoms with Gasteiger partial charge >= 0.3 is 0 Å². The molecule has 0 saturated carbocycles. The van der Waals surface area contributed by atoms with Gasteiger partial charge in [0.25, 0.3) is 0 Å². The maximum atomic E-state index is 4.40. The van der Waals surface area contributed by atoms with Crippen molar-refractivity contribution >= 4 is 0 Å². The fraction of sp³-hybridized carbons (Fsp3) is 0.438. The van der Waals surface area contributed by atoms with Crippen LogP contribution in [0.5, 0.6) is 0 Å². The van der Waals surface area contributed by atoms with Crippen molar-refractivity contribution in [2.45, 2.75) is 33.2 Å². The van der Waals surface area contributed by atoms with Crippen LogP contribution in [-0.4, -0.2) is 16.8 Å². The number of benzene rings is 1. The molecule has 0 aliphatic heterocycles. The molecular weight excluding hydrogens is 234 g/mol. The summed E-state index contributed by atoms with van der Waals surface area (Å²) in [6, 6.07) is 6.73. The van der Waals surface area contributed by atoms with Crippen LogP contribution < -0.4 is 5.32 Å². The second-order valence-electron chi connectivity index (χ2n) is 5.39. The van der Waals surface area contributed by atoms with Crippen molar-refractivity contribution in [1.29, 1.82) is 0 Å². The summed E-state index contributed by atoms with van der Waals surface area (Å²) in [4.78, 5) is 0. The molecule has 1 heterocycles. The van der Waals surface area contributed by atoms with Crippen molar-refractivity contribution in [2.75, 3.05) is 7.05 Å². The Bertz CT molecular complexity index is 567. The molecule has 102 valence electrons. The summed E-state index contributed by atoms with van der Waals surface area (Å²) in [5.74, 6) is 0.545. The third-order valence-electron chi connectivity index (χ3n) is 3.62. The van der Waals surface area contributed by atoms with Crippen molar-refractivity contribution in [3.8, 4) is 11.1 Å². The third-order valence-corrected chi connectivity index (χ3v) is 3.62. The van der Waals surface area contributed by atoms with E-state index in [-0.39, 0.29) is 0 Å². The van der Waals surface area contributed by atoms with E-state index in [1.165, 1.54) is 27.9 Å². The molecule has 3 nitrogen and oxygen atoms in total. The van der Waals surface area contributed by atoms with Crippen LogP contribution >= 0.6 is 0 Å². The molecule has 2 rings (SSSR count). The highest BCUT2D eigenvalue weighted by atomic mass is 15.3. The normalized spacial score (nSPS) is 11.3. The van der Waals surface area contributed by atoms with Gasteiger partial charge in [0.15, 0.2) is 0 Å². The lowest BCUT2D eigenvalue weighted by Crippen LogP contribution is -2.10. The number of aromatic nitrogens is 2. The quantitative estimate of drug-likeness (QED) is 0.911. The number of hydrogen-bond donors (Lipinski definition) is 1. The highest BCUT2D eigenvalue weighted by Crippen LogP contribution is 2.29. The molecule has 0 fully saturated rings. The second kappa shape index (κ2) is 5.57. The molecule has 19 heavy (non-hydrogen) atoms. The van der Waals surface area contributed by atoms with E-state index in [1.54, 1.807) is 0 Å². The topological polar surface area (TPSA) is 29.9 Å². The van der Waals surface area contributed by atoms with Gasteiger partial charge in [-0.15, -0.1) is 0 Å². The van der Waals surface area contributed by atoms with Gasteiger partial charge in [0.05, 0.1) is 11.9 Å². The SMILES string of the molecule is CNCc1c(-c2cc(C(C)C)ccc2C)cnn1C. The number of aryl methyl sites for hydroxylation is 2. The first-order valence-electron chi connectivity index (χ1n) is 6.81. The molecule has 1 aromatic heterocycles. The van der Waals surface area contributed by atoms with Crippen LogP contribution in [0.2, 0.25) is 0 Å². The highest BCUT2D eigenvalue weighted by molar-refractivity contribution is 5.69. The van der Waals surface area contributed by atoms with Gasteiger partial charge in [-0.3, -0.25) is 4.68 Å². The maximum Gasteiger partial charge on any atom is 0.0597 e. The largest absolute Gasteiger partial charge is 0.314 e. The van der Waals surface area contributed by atoms with Gasteiger partial charge in [-0.2, -0.15) is 5.10 Å². The average Bonchev–Trinajstić information content (AvgIpc) is 2.72. The molecule has 1 aromatic carbocycles. The average molecular weight is 257 g/mol. The Hall–Kier alpha value is -1.61. The van der Waals surface area contributed by atoms with E-state index in [2.05, 4.69) is 49.4 Å². The first-order valence-corrected chi connectivity index (χ1v) is 6.81. The van der Waals surface area contributed by atoms with Crippen LogP contribution in [0.25, 0.3) is 11.1 Å². The molecule has 0 aliphatic rings. The minimum absolute atomic E-state index is 0.545. The van der Waals surface area contributed by atoms with Gasteiger partial charge < -0.3 is 5.32 Å². The smallest absolute Gasteiger partial charge is 0.0597 e. The molecule has 0 radical (unpaired) electrons. The van der Waals surface area contributed by atoms with Crippen LogP contribution in [0.3, 0.4) is 0 Å². The summed E-state index contributed by atoms with van der Waals surface area (Å²) < 4.78 is 1.95. The van der Waals surface area contributed by atoms with Crippen LogP contribution in [0.15, 0.2) is 24.4 Å². The zero-order valence-corrected chi connectivity index (χ0v) is 12.5. The van der Waals surface area contributed by atoms with Crippen LogP contribution in [0.1, 0.15) is 36.6 Å². The summed E-state index contributed by atoms with van der Waals surface area (Å²) in [6.45, 7) is 7.45. The fourth-order valence-corrected chi connectivity index (χ4v) is 2.35. The van der Waals surface area contributed by atoms with Gasteiger partial charge in [0, 0.05) is 19.2 Å². The maximum absolute atomic E-state index is 4.40. The zero-order chi connectivity index (χ0) is 14.0. The van der Waals surface area contributed by atoms with E-state index < -0.39 is 0 Å². The number of nitrogens with zero attached hydrogens (tertiary/aromatic N) is 2. The molecule has 0 bridgehead atoms. The Kier molecular flexibility index (Phi) is 4.05. The van der Waals surface area contributed by atoms with E-state index in [1.807, 2.05) is 25.0 Å². The summed E-state index contributed by atoms with van der Waals surface area (Å²) >= 11 is 0. The summed E-state index contributed by atoms with van der Waals surface area (Å²) in [5.41, 5.74) is 6.43. The zero-order valence-electron chi connectivity index (χ0n) is 12.5.